The van der Waals surface area contributed by atoms with Gasteiger partial charge in [-0.1, -0.05) is 15.9 Å². The topological polar surface area (TPSA) is 124 Å². The molecule has 37 heavy (non-hydrogen) atoms. The third kappa shape index (κ3) is 13.4. The number of carbonyl (C=O) groups is 2. The number of nitrogens with zero attached hydrogens (tertiary/aromatic N) is 4. The van der Waals surface area contributed by atoms with Crippen LogP contribution in [-0.4, -0.2) is 67.7 Å². The fraction of sp³-hybridized carbons (Fsp3) is 0.667. The highest BCUT2D eigenvalue weighted by Crippen LogP contribution is 2.48. The molecule has 0 spiro atoms. The smallest absolute Gasteiger partial charge is 0.435 e. The Morgan fingerprint density at radius 3 is 1.59 bits per heavy atom. The van der Waals surface area contributed by atoms with Gasteiger partial charge in [-0.15, -0.1) is 0 Å². The Hall–Kier alpha value is -2.01. The number of halogens is 1. The highest BCUT2D eigenvalue weighted by Gasteiger charge is 2.24. The van der Waals surface area contributed by atoms with E-state index in [4.69, 9.17) is 18.5 Å². The summed E-state index contributed by atoms with van der Waals surface area (Å²) in [7, 11) is -3.09. The lowest BCUT2D eigenvalue weighted by Crippen LogP contribution is -2.27. The summed E-state index contributed by atoms with van der Waals surface area (Å²) in [4.78, 5) is 23.4. The maximum absolute atomic E-state index is 12.4. The molecule has 0 aromatic carbocycles. The van der Waals surface area contributed by atoms with Gasteiger partial charge in [0, 0.05) is 17.7 Å². The van der Waals surface area contributed by atoms with Crippen LogP contribution in [0, 0.1) is 0 Å². The Balaban J connectivity index is 0.000000397. The minimum absolute atomic E-state index is 0.245. The van der Waals surface area contributed by atoms with Gasteiger partial charge in [-0.05, 0) is 79.4 Å². The van der Waals surface area contributed by atoms with E-state index in [1.54, 1.807) is 59.4 Å². The van der Waals surface area contributed by atoms with E-state index in [0.717, 1.165) is 27.6 Å². The molecule has 0 aliphatic heterocycles. The van der Waals surface area contributed by atoms with Crippen molar-refractivity contribution in [1.82, 2.24) is 19.6 Å². The number of aromatic nitrogens is 4. The molecule has 0 N–H and O–H groups in total. The van der Waals surface area contributed by atoms with Gasteiger partial charge in [0.25, 0.3) is 0 Å². The SMILES string of the molecule is CC(C)(C)OC(=O)n1cc(CCBr)cn1.CCOP(=O)(CCc1cnn(C(=O)OC(C)(C)C)c1)OCC. The lowest BCUT2D eigenvalue weighted by atomic mass is 10.2. The first-order valence-electron chi connectivity index (χ1n) is 12.1. The monoisotopic (exact) mass is 606 g/mol. The summed E-state index contributed by atoms with van der Waals surface area (Å²) in [6.45, 7) is 15.0. The minimum atomic E-state index is -3.09. The Bertz CT molecular complexity index is 1030. The molecule has 0 bridgehead atoms. The van der Waals surface area contributed by atoms with Crippen LogP contribution in [0.3, 0.4) is 0 Å². The van der Waals surface area contributed by atoms with Crippen molar-refractivity contribution in [1.29, 1.82) is 0 Å². The largest absolute Gasteiger partial charge is 0.442 e. The van der Waals surface area contributed by atoms with Gasteiger partial charge in [0.05, 0.1) is 31.8 Å². The van der Waals surface area contributed by atoms with Crippen LogP contribution >= 0.6 is 23.5 Å². The van der Waals surface area contributed by atoms with E-state index < -0.39 is 31.0 Å². The first kappa shape index (κ1) is 33.0. The molecule has 0 radical (unpaired) electrons. The first-order valence-corrected chi connectivity index (χ1v) is 14.9. The van der Waals surface area contributed by atoms with Crippen LogP contribution in [0.1, 0.15) is 66.5 Å². The van der Waals surface area contributed by atoms with Crippen LogP contribution in [0.25, 0.3) is 0 Å². The van der Waals surface area contributed by atoms with Crippen molar-refractivity contribution in [2.24, 2.45) is 0 Å². The summed E-state index contributed by atoms with van der Waals surface area (Å²) in [5.74, 6) is 0. The molecular formula is C24H40BrN4O7P. The Labute approximate surface area is 227 Å². The van der Waals surface area contributed by atoms with Gasteiger partial charge in [0.2, 0.25) is 0 Å². The zero-order valence-corrected chi connectivity index (χ0v) is 25.5. The Morgan fingerprint density at radius 2 is 1.24 bits per heavy atom. The number of hydrogen-bond acceptors (Lipinski definition) is 9. The molecule has 0 atom stereocenters. The van der Waals surface area contributed by atoms with Crippen LogP contribution in [0.4, 0.5) is 9.59 Å². The zero-order chi connectivity index (χ0) is 28.3. The highest BCUT2D eigenvalue weighted by molar-refractivity contribution is 9.09. The minimum Gasteiger partial charge on any atom is -0.442 e. The summed E-state index contributed by atoms with van der Waals surface area (Å²) in [6.07, 6.45) is 7.03. The van der Waals surface area contributed by atoms with E-state index in [9.17, 15) is 14.2 Å². The molecular weight excluding hydrogens is 567 g/mol. The van der Waals surface area contributed by atoms with Crippen LogP contribution in [0.2, 0.25) is 0 Å². The predicted molar refractivity (Wildman–Crippen MR) is 145 cm³/mol. The average molecular weight is 607 g/mol. The van der Waals surface area contributed by atoms with Gasteiger partial charge in [0.15, 0.2) is 0 Å². The van der Waals surface area contributed by atoms with Gasteiger partial charge in [-0.2, -0.15) is 19.6 Å². The number of rotatable bonds is 9. The van der Waals surface area contributed by atoms with Crippen LogP contribution < -0.4 is 0 Å². The molecule has 2 aromatic heterocycles. The van der Waals surface area contributed by atoms with E-state index in [1.165, 1.54) is 4.68 Å². The fourth-order valence-corrected chi connectivity index (χ4v) is 4.84. The van der Waals surface area contributed by atoms with Crippen molar-refractivity contribution in [3.05, 3.63) is 35.9 Å². The maximum atomic E-state index is 12.4. The molecule has 0 aliphatic carbocycles. The summed E-state index contributed by atoms with van der Waals surface area (Å²) in [5, 5.41) is 8.76. The molecule has 2 aromatic rings. The molecule has 0 amide bonds. The molecule has 0 fully saturated rings. The fourth-order valence-electron chi connectivity index (χ4n) is 2.73. The molecule has 210 valence electrons. The van der Waals surface area contributed by atoms with Crippen molar-refractivity contribution in [3.8, 4) is 0 Å². The second kappa shape index (κ2) is 14.8. The lowest BCUT2D eigenvalue weighted by molar-refractivity contribution is 0.0503. The number of carbonyl (C=O) groups excluding carboxylic acids is 2. The molecule has 0 aliphatic rings. The molecule has 2 heterocycles. The second-order valence-electron chi connectivity index (χ2n) is 9.91. The van der Waals surface area contributed by atoms with Crippen molar-refractivity contribution in [2.45, 2.75) is 79.4 Å². The third-order valence-electron chi connectivity index (χ3n) is 4.14. The second-order valence-corrected chi connectivity index (χ2v) is 12.9. The van der Waals surface area contributed by atoms with Gasteiger partial charge in [0.1, 0.15) is 11.2 Å². The van der Waals surface area contributed by atoms with E-state index in [1.807, 2.05) is 20.8 Å². The third-order valence-corrected chi connectivity index (χ3v) is 6.61. The van der Waals surface area contributed by atoms with E-state index in [0.29, 0.717) is 19.6 Å². The number of alkyl halides is 1. The average Bonchev–Trinajstić information content (AvgIpc) is 3.41. The summed E-state index contributed by atoms with van der Waals surface area (Å²) in [6, 6.07) is 0. The van der Waals surface area contributed by atoms with Gasteiger partial charge >= 0.3 is 19.8 Å². The van der Waals surface area contributed by atoms with Gasteiger partial charge in [-0.25, -0.2) is 9.59 Å². The van der Waals surface area contributed by atoms with E-state index in [2.05, 4.69) is 26.1 Å². The maximum Gasteiger partial charge on any atom is 0.435 e. The molecule has 0 saturated carbocycles. The lowest BCUT2D eigenvalue weighted by Gasteiger charge is -2.18. The molecule has 11 nitrogen and oxygen atoms in total. The summed E-state index contributed by atoms with van der Waals surface area (Å²) in [5.41, 5.74) is 0.713. The summed E-state index contributed by atoms with van der Waals surface area (Å²) >= 11 is 3.33. The highest BCUT2D eigenvalue weighted by atomic mass is 79.9. The van der Waals surface area contributed by atoms with Crippen molar-refractivity contribution >= 4 is 35.7 Å². The van der Waals surface area contributed by atoms with Gasteiger partial charge < -0.3 is 18.5 Å². The summed E-state index contributed by atoms with van der Waals surface area (Å²) < 4.78 is 35.5. The molecule has 0 unspecified atom stereocenters. The molecule has 13 heteroatoms. The molecule has 0 saturated heterocycles. The van der Waals surface area contributed by atoms with Crippen LogP contribution in [0.15, 0.2) is 24.8 Å². The van der Waals surface area contributed by atoms with Gasteiger partial charge in [-0.3, -0.25) is 4.57 Å². The zero-order valence-electron chi connectivity index (χ0n) is 23.0. The first-order chi connectivity index (χ1) is 17.1. The quantitative estimate of drug-likeness (QED) is 0.247. The predicted octanol–water partition coefficient (Wildman–Crippen LogP) is 6.08. The van der Waals surface area contributed by atoms with Crippen molar-refractivity contribution in [3.63, 3.8) is 0 Å². The number of aryl methyl sites for hydroxylation is 2. The van der Waals surface area contributed by atoms with Crippen LogP contribution in [0.5, 0.6) is 0 Å². The Morgan fingerprint density at radius 1 is 0.838 bits per heavy atom. The Kier molecular flexibility index (Phi) is 13.2. The van der Waals surface area contributed by atoms with Crippen LogP contribution in [-0.2, 0) is 35.9 Å². The van der Waals surface area contributed by atoms with Crippen molar-refractivity contribution in [2.75, 3.05) is 24.7 Å². The molecule has 2 rings (SSSR count). The number of ether oxygens (including phenoxy) is 2. The normalized spacial score (nSPS) is 12.0. The van der Waals surface area contributed by atoms with E-state index >= 15 is 0 Å². The van der Waals surface area contributed by atoms with Crippen molar-refractivity contribution < 1.29 is 32.7 Å². The van der Waals surface area contributed by atoms with E-state index in [-0.39, 0.29) is 6.16 Å². The standard InChI is InChI=1S/C14H25N2O5P.C10H15BrN2O2/c1-6-19-22(18,20-7-2)9-8-12-10-15-16(11-12)13(17)21-14(3,4)5;1-10(2,3)15-9(14)13-7-8(4-5-11)6-12-13/h10-11H,6-9H2,1-5H3;6-7H,4-5H2,1-3H3. The number of hydrogen-bond donors (Lipinski definition) is 0.